The zero-order chi connectivity index (χ0) is 26.9. The van der Waals surface area contributed by atoms with Crippen LogP contribution < -0.4 is 15.4 Å². The Bertz CT molecular complexity index is 1560. The molecule has 0 amide bonds. The molecule has 4 rings (SSSR count). The first kappa shape index (κ1) is 26.0. The Morgan fingerprint density at radius 3 is 2.14 bits per heavy atom. The Morgan fingerprint density at radius 1 is 0.973 bits per heavy atom. The van der Waals surface area contributed by atoms with Gasteiger partial charge in [0.1, 0.15) is 34.0 Å². The van der Waals surface area contributed by atoms with Crippen LogP contribution in [0, 0.1) is 11.2 Å². The number of fused-ring (bicyclic) bond motifs is 1. The summed E-state index contributed by atoms with van der Waals surface area (Å²) in [6, 6.07) is 15.5. The van der Waals surface area contributed by atoms with Crippen molar-refractivity contribution in [3.05, 3.63) is 100 Å². The minimum Gasteiger partial charge on any atom is -0.385 e. The van der Waals surface area contributed by atoms with Gasteiger partial charge in [-0.05, 0) is 49.4 Å². The van der Waals surface area contributed by atoms with E-state index >= 15 is 0 Å². The number of aliphatic hydroxyl groups excluding tert-OH is 1. The number of amidine groups is 1. The molecule has 9 nitrogen and oxygen atoms in total. The number of aliphatic hydroxyl groups is 1. The van der Waals surface area contributed by atoms with Gasteiger partial charge in [-0.15, -0.1) is 0 Å². The lowest BCUT2D eigenvalue weighted by molar-refractivity contribution is 0.0961. The van der Waals surface area contributed by atoms with E-state index in [1.165, 1.54) is 18.2 Å². The average Bonchev–Trinajstić information content (AvgIpc) is 3.27. The molecule has 0 aromatic heterocycles. The SMILES string of the molecule is C[C@@H](O)C(=N)NS(=O)(=O)c1cc(C(=O)C(C(=O)c2cccc(Cl)c2)=C2Nc3ccccc3N2)ccc1F. The number of hydrogen-bond donors (Lipinski definition) is 5. The minimum absolute atomic E-state index is 0.0546. The highest BCUT2D eigenvalue weighted by Gasteiger charge is 2.31. The summed E-state index contributed by atoms with van der Waals surface area (Å²) in [4.78, 5) is 26.3. The molecule has 5 N–H and O–H groups in total. The largest absolute Gasteiger partial charge is 0.385 e. The second-order valence-electron chi connectivity index (χ2n) is 8.05. The molecule has 0 unspecified atom stereocenters. The number of carbonyl (C=O) groups excluding carboxylic acids is 2. The van der Waals surface area contributed by atoms with E-state index in [9.17, 15) is 27.5 Å². The fourth-order valence-corrected chi connectivity index (χ4v) is 4.88. The van der Waals surface area contributed by atoms with Gasteiger partial charge in [0, 0.05) is 16.1 Å². The van der Waals surface area contributed by atoms with Gasteiger partial charge in [0.2, 0.25) is 11.6 Å². The summed E-state index contributed by atoms with van der Waals surface area (Å²) in [7, 11) is -4.67. The summed E-state index contributed by atoms with van der Waals surface area (Å²) in [6.45, 7) is 1.15. The second kappa shape index (κ2) is 10.1. The van der Waals surface area contributed by atoms with Crippen LogP contribution in [0.3, 0.4) is 0 Å². The maximum atomic E-state index is 14.5. The number of para-hydroxylation sites is 2. The predicted molar refractivity (Wildman–Crippen MR) is 137 cm³/mol. The zero-order valence-corrected chi connectivity index (χ0v) is 20.7. The molecule has 0 spiro atoms. The fraction of sp³-hybridized carbons (Fsp3) is 0.0800. The minimum atomic E-state index is -4.67. The van der Waals surface area contributed by atoms with Crippen LogP contribution in [0.4, 0.5) is 15.8 Å². The Labute approximate surface area is 216 Å². The molecule has 0 fully saturated rings. The highest BCUT2D eigenvalue weighted by Crippen LogP contribution is 2.33. The lowest BCUT2D eigenvalue weighted by atomic mass is 9.95. The monoisotopic (exact) mass is 542 g/mol. The molecule has 3 aromatic rings. The van der Waals surface area contributed by atoms with Gasteiger partial charge < -0.3 is 15.7 Å². The van der Waals surface area contributed by atoms with E-state index in [1.807, 2.05) is 0 Å². The molecule has 1 heterocycles. The summed E-state index contributed by atoms with van der Waals surface area (Å²) < 4.78 is 41.7. The van der Waals surface area contributed by atoms with Gasteiger partial charge in [-0.3, -0.25) is 19.7 Å². The number of benzene rings is 3. The number of hydrogen-bond acceptors (Lipinski definition) is 8. The first-order valence-corrected chi connectivity index (χ1v) is 12.6. The van der Waals surface area contributed by atoms with Crippen molar-refractivity contribution < 1.29 is 27.5 Å². The Hall–Kier alpha value is -4.06. The topological polar surface area (TPSA) is 148 Å². The van der Waals surface area contributed by atoms with Crippen LogP contribution in [0.15, 0.2) is 83.0 Å². The van der Waals surface area contributed by atoms with Crippen molar-refractivity contribution in [3.8, 4) is 0 Å². The van der Waals surface area contributed by atoms with Crippen molar-refractivity contribution in [2.24, 2.45) is 0 Å². The standard InChI is InChI=1S/C25H20ClFN4O5S/c1-13(32)24(28)31-37(35,36)20-12-15(9-10-17(20)27)23(34)21(22(33)14-5-4-6-16(26)11-14)25-29-18-7-2-3-8-19(18)30-25/h2-13,29-30,32H,1H3,(H2,28,31)/t13-/m1/s1. The number of Topliss-reactive ketones (excluding diaryl/α,β-unsaturated/α-hetero) is 2. The molecule has 0 saturated carbocycles. The summed E-state index contributed by atoms with van der Waals surface area (Å²) >= 11 is 6.04. The van der Waals surface area contributed by atoms with E-state index in [1.54, 1.807) is 35.1 Å². The Kier molecular flexibility index (Phi) is 7.12. The quantitative estimate of drug-likeness (QED) is 0.0758. The van der Waals surface area contributed by atoms with Gasteiger partial charge in [0.25, 0.3) is 10.0 Å². The second-order valence-corrected chi connectivity index (χ2v) is 10.1. The third kappa shape index (κ3) is 5.38. The maximum Gasteiger partial charge on any atom is 0.265 e. The molecule has 0 bridgehead atoms. The van der Waals surface area contributed by atoms with E-state index < -0.39 is 44.2 Å². The molecule has 1 aliphatic heterocycles. The summed E-state index contributed by atoms with van der Waals surface area (Å²) in [6.07, 6.45) is -1.46. The summed E-state index contributed by atoms with van der Waals surface area (Å²) in [5.41, 5.74) is 0.639. The highest BCUT2D eigenvalue weighted by molar-refractivity contribution is 7.90. The van der Waals surface area contributed by atoms with E-state index in [4.69, 9.17) is 17.0 Å². The van der Waals surface area contributed by atoms with Gasteiger partial charge in [-0.2, -0.15) is 0 Å². The number of halogens is 2. The number of carbonyl (C=O) groups is 2. The van der Waals surface area contributed by atoms with Crippen molar-refractivity contribution >= 4 is 50.4 Å². The normalized spacial score (nSPS) is 13.1. The van der Waals surface area contributed by atoms with Crippen molar-refractivity contribution in [1.29, 1.82) is 5.41 Å². The van der Waals surface area contributed by atoms with Gasteiger partial charge in [0.05, 0.1) is 11.4 Å². The number of ketones is 2. The molecular formula is C25H20ClFN4O5S. The number of allylic oxidation sites excluding steroid dienone is 1. The first-order chi connectivity index (χ1) is 17.5. The molecule has 0 radical (unpaired) electrons. The predicted octanol–water partition coefficient (Wildman–Crippen LogP) is 3.93. The highest BCUT2D eigenvalue weighted by atomic mass is 35.5. The molecule has 37 heavy (non-hydrogen) atoms. The molecule has 190 valence electrons. The summed E-state index contributed by atoms with van der Waals surface area (Å²) in [5.74, 6) is -3.53. The molecule has 12 heteroatoms. The third-order valence-corrected chi connectivity index (χ3v) is 7.00. The van der Waals surface area contributed by atoms with Crippen LogP contribution >= 0.6 is 11.6 Å². The van der Waals surface area contributed by atoms with E-state index in [0.717, 1.165) is 25.1 Å². The van der Waals surface area contributed by atoms with Crippen LogP contribution in [0.2, 0.25) is 5.02 Å². The molecule has 1 atom stereocenters. The molecular weight excluding hydrogens is 523 g/mol. The third-order valence-electron chi connectivity index (χ3n) is 5.38. The zero-order valence-electron chi connectivity index (χ0n) is 19.2. The van der Waals surface area contributed by atoms with E-state index in [0.29, 0.717) is 11.4 Å². The van der Waals surface area contributed by atoms with Crippen LogP contribution in [0.5, 0.6) is 0 Å². The molecule has 3 aromatic carbocycles. The lowest BCUT2D eigenvalue weighted by Gasteiger charge is -2.14. The number of rotatable bonds is 7. The van der Waals surface area contributed by atoms with Gasteiger partial charge in [-0.1, -0.05) is 35.9 Å². The lowest BCUT2D eigenvalue weighted by Crippen LogP contribution is -2.37. The van der Waals surface area contributed by atoms with Crippen LogP contribution in [0.25, 0.3) is 0 Å². The van der Waals surface area contributed by atoms with Gasteiger partial charge in [-0.25, -0.2) is 12.8 Å². The van der Waals surface area contributed by atoms with Crippen molar-refractivity contribution in [2.75, 3.05) is 10.6 Å². The van der Waals surface area contributed by atoms with Crippen molar-refractivity contribution in [3.63, 3.8) is 0 Å². The van der Waals surface area contributed by atoms with Gasteiger partial charge >= 0.3 is 0 Å². The Balaban J connectivity index is 1.81. The van der Waals surface area contributed by atoms with Crippen LogP contribution in [-0.4, -0.2) is 37.0 Å². The van der Waals surface area contributed by atoms with Crippen molar-refractivity contribution in [2.45, 2.75) is 17.9 Å². The van der Waals surface area contributed by atoms with Crippen LogP contribution in [0.1, 0.15) is 27.6 Å². The molecule has 0 saturated heterocycles. The molecule has 0 aliphatic carbocycles. The fourth-order valence-electron chi connectivity index (χ4n) is 3.51. The van der Waals surface area contributed by atoms with Crippen molar-refractivity contribution in [1.82, 2.24) is 4.72 Å². The van der Waals surface area contributed by atoms with E-state index in [2.05, 4.69) is 10.6 Å². The number of anilines is 2. The first-order valence-electron chi connectivity index (χ1n) is 10.8. The summed E-state index contributed by atoms with van der Waals surface area (Å²) in [5, 5.41) is 23.2. The Morgan fingerprint density at radius 2 is 1.57 bits per heavy atom. The number of nitrogens with one attached hydrogen (secondary N) is 4. The molecule has 1 aliphatic rings. The average molecular weight is 543 g/mol. The number of sulfonamides is 1. The van der Waals surface area contributed by atoms with E-state index in [-0.39, 0.29) is 27.5 Å². The van der Waals surface area contributed by atoms with Gasteiger partial charge in [0.15, 0.2) is 0 Å². The van der Waals surface area contributed by atoms with Crippen LogP contribution in [-0.2, 0) is 10.0 Å². The maximum absolute atomic E-state index is 14.5. The smallest absolute Gasteiger partial charge is 0.265 e.